The Morgan fingerprint density at radius 2 is 1.61 bits per heavy atom. The van der Waals surface area contributed by atoms with Gasteiger partial charge in [0.05, 0.1) is 5.56 Å². The molecule has 1 N–H and O–H groups in total. The van der Waals surface area contributed by atoms with Crippen LogP contribution in [0.5, 0.6) is 5.75 Å². The van der Waals surface area contributed by atoms with Gasteiger partial charge in [-0.1, -0.05) is 30.3 Å². The van der Waals surface area contributed by atoms with Crippen LogP contribution in [0.25, 0.3) is 11.8 Å². The fourth-order valence-corrected chi connectivity index (χ4v) is 1.91. The van der Waals surface area contributed by atoms with Gasteiger partial charge in [0.2, 0.25) is 0 Å². The van der Waals surface area contributed by atoms with Crippen LogP contribution in [-0.2, 0) is 4.74 Å². The molecule has 0 saturated carbocycles. The quantitative estimate of drug-likeness (QED) is 0.776. The molecule has 3 rings (SSSR count). The van der Waals surface area contributed by atoms with E-state index in [2.05, 4.69) is 0 Å². The average Bonchev–Trinajstić information content (AvgIpc) is 2.70. The molecule has 0 fully saturated rings. The molecule has 1 heterocycles. The van der Waals surface area contributed by atoms with Gasteiger partial charge in [-0.15, -0.1) is 0 Å². The zero-order valence-corrected chi connectivity index (χ0v) is 9.46. The smallest absolute Gasteiger partial charge is 0.344 e. The molecule has 0 radical (unpaired) electrons. The average molecular weight is 238 g/mol. The Kier molecular flexibility index (Phi) is 2.38. The van der Waals surface area contributed by atoms with Gasteiger partial charge in [-0.05, 0) is 29.8 Å². The molecule has 1 aliphatic rings. The first-order chi connectivity index (χ1) is 8.74. The van der Waals surface area contributed by atoms with E-state index in [0.717, 1.165) is 11.1 Å². The number of esters is 1. The summed E-state index contributed by atoms with van der Waals surface area (Å²) in [5.41, 5.74) is 2.26. The molecular weight excluding hydrogens is 228 g/mol. The summed E-state index contributed by atoms with van der Waals surface area (Å²) >= 11 is 0. The molecule has 0 saturated heterocycles. The van der Waals surface area contributed by atoms with Gasteiger partial charge in [-0.3, -0.25) is 0 Å². The Labute approximate surface area is 104 Å². The van der Waals surface area contributed by atoms with Crippen molar-refractivity contribution in [2.75, 3.05) is 0 Å². The van der Waals surface area contributed by atoms with Gasteiger partial charge in [0.25, 0.3) is 0 Å². The Hall–Kier alpha value is -2.55. The molecule has 0 spiro atoms. The third-order valence-corrected chi connectivity index (χ3v) is 2.81. The number of benzene rings is 2. The molecular formula is C15H10O3. The number of carbonyl (C=O) groups excluding carboxylic acids is 1. The van der Waals surface area contributed by atoms with E-state index in [0.29, 0.717) is 11.3 Å². The number of cyclic esters (lactones) is 1. The third kappa shape index (κ3) is 1.76. The van der Waals surface area contributed by atoms with E-state index < -0.39 is 0 Å². The SMILES string of the molecule is O=C1O/C(=C/c2ccc(O)cc2)c2ccccc21. The molecule has 1 aliphatic heterocycles. The molecule has 2 aromatic carbocycles. The first-order valence-corrected chi connectivity index (χ1v) is 5.56. The van der Waals surface area contributed by atoms with E-state index >= 15 is 0 Å². The van der Waals surface area contributed by atoms with Gasteiger partial charge in [0, 0.05) is 5.56 Å². The molecule has 0 unspecified atom stereocenters. The minimum absolute atomic E-state index is 0.209. The Bertz CT molecular complexity index is 639. The van der Waals surface area contributed by atoms with Crippen LogP contribution < -0.4 is 0 Å². The zero-order valence-electron chi connectivity index (χ0n) is 9.46. The van der Waals surface area contributed by atoms with Gasteiger partial charge in [-0.25, -0.2) is 4.79 Å². The van der Waals surface area contributed by atoms with Crippen LogP contribution in [0.2, 0.25) is 0 Å². The van der Waals surface area contributed by atoms with Crippen molar-refractivity contribution in [3.05, 3.63) is 65.2 Å². The zero-order chi connectivity index (χ0) is 12.5. The lowest BCUT2D eigenvalue weighted by atomic mass is 10.1. The summed E-state index contributed by atoms with van der Waals surface area (Å²) in [6, 6.07) is 14.0. The number of ether oxygens (including phenoxy) is 1. The van der Waals surface area contributed by atoms with Gasteiger partial charge >= 0.3 is 5.97 Å². The van der Waals surface area contributed by atoms with E-state index in [-0.39, 0.29) is 11.7 Å². The summed E-state index contributed by atoms with van der Waals surface area (Å²) in [7, 11) is 0. The first-order valence-electron chi connectivity index (χ1n) is 5.56. The monoisotopic (exact) mass is 238 g/mol. The highest BCUT2D eigenvalue weighted by atomic mass is 16.5. The van der Waals surface area contributed by atoms with E-state index in [1.807, 2.05) is 18.2 Å². The molecule has 0 aromatic heterocycles. The predicted molar refractivity (Wildman–Crippen MR) is 67.8 cm³/mol. The van der Waals surface area contributed by atoms with Gasteiger partial charge in [0.1, 0.15) is 11.5 Å². The first kappa shape index (κ1) is 10.6. The van der Waals surface area contributed by atoms with Gasteiger partial charge < -0.3 is 9.84 Å². The normalized spacial score (nSPS) is 15.6. The second-order valence-corrected chi connectivity index (χ2v) is 4.04. The molecule has 18 heavy (non-hydrogen) atoms. The highest BCUT2D eigenvalue weighted by molar-refractivity contribution is 6.05. The number of rotatable bonds is 1. The molecule has 0 amide bonds. The van der Waals surface area contributed by atoms with Crippen LogP contribution in [0.4, 0.5) is 0 Å². The van der Waals surface area contributed by atoms with Crippen molar-refractivity contribution in [3.63, 3.8) is 0 Å². The van der Waals surface area contributed by atoms with E-state index in [1.165, 1.54) is 0 Å². The highest BCUT2D eigenvalue weighted by Gasteiger charge is 2.25. The highest BCUT2D eigenvalue weighted by Crippen LogP contribution is 2.31. The number of carbonyl (C=O) groups is 1. The van der Waals surface area contributed by atoms with Crippen LogP contribution in [0.1, 0.15) is 21.5 Å². The Morgan fingerprint density at radius 3 is 2.33 bits per heavy atom. The summed E-state index contributed by atoms with van der Waals surface area (Å²) in [6.07, 6.45) is 1.78. The van der Waals surface area contributed by atoms with Crippen LogP contribution >= 0.6 is 0 Å². The second kappa shape index (κ2) is 4.04. The topological polar surface area (TPSA) is 46.5 Å². The van der Waals surface area contributed by atoms with Crippen molar-refractivity contribution in [3.8, 4) is 5.75 Å². The van der Waals surface area contributed by atoms with E-state index in [4.69, 9.17) is 4.74 Å². The van der Waals surface area contributed by atoms with Crippen LogP contribution in [-0.4, -0.2) is 11.1 Å². The minimum Gasteiger partial charge on any atom is -0.508 e. The Balaban J connectivity index is 2.04. The maximum atomic E-state index is 11.6. The number of phenols is 1. The van der Waals surface area contributed by atoms with E-state index in [1.54, 1.807) is 36.4 Å². The summed E-state index contributed by atoms with van der Waals surface area (Å²) in [6.45, 7) is 0. The van der Waals surface area contributed by atoms with Gasteiger partial charge in [0.15, 0.2) is 0 Å². The second-order valence-electron chi connectivity index (χ2n) is 4.04. The van der Waals surface area contributed by atoms with Crippen LogP contribution in [0.15, 0.2) is 48.5 Å². The lowest BCUT2D eigenvalue weighted by Crippen LogP contribution is -1.92. The molecule has 2 aromatic rings. The van der Waals surface area contributed by atoms with Crippen molar-refractivity contribution >= 4 is 17.8 Å². The van der Waals surface area contributed by atoms with Crippen molar-refractivity contribution in [1.82, 2.24) is 0 Å². The molecule has 88 valence electrons. The van der Waals surface area contributed by atoms with E-state index in [9.17, 15) is 9.90 Å². The lowest BCUT2D eigenvalue weighted by molar-refractivity contribution is 0.0717. The number of hydrogen-bond donors (Lipinski definition) is 1. The Morgan fingerprint density at radius 1 is 0.944 bits per heavy atom. The number of aromatic hydroxyl groups is 1. The summed E-state index contributed by atoms with van der Waals surface area (Å²) in [5.74, 6) is 0.429. The van der Waals surface area contributed by atoms with Crippen molar-refractivity contribution in [2.45, 2.75) is 0 Å². The molecule has 0 bridgehead atoms. The van der Waals surface area contributed by atoms with Gasteiger partial charge in [-0.2, -0.15) is 0 Å². The number of hydrogen-bond acceptors (Lipinski definition) is 3. The summed E-state index contributed by atoms with van der Waals surface area (Å²) < 4.78 is 5.23. The maximum absolute atomic E-state index is 11.6. The number of fused-ring (bicyclic) bond motifs is 1. The third-order valence-electron chi connectivity index (χ3n) is 2.81. The molecule has 3 nitrogen and oxygen atoms in total. The fourth-order valence-electron chi connectivity index (χ4n) is 1.91. The van der Waals surface area contributed by atoms with Crippen molar-refractivity contribution in [2.24, 2.45) is 0 Å². The summed E-state index contributed by atoms with van der Waals surface area (Å²) in [5, 5.41) is 9.21. The largest absolute Gasteiger partial charge is 0.508 e. The molecule has 3 heteroatoms. The van der Waals surface area contributed by atoms with Crippen molar-refractivity contribution < 1.29 is 14.6 Å². The minimum atomic E-state index is -0.323. The lowest BCUT2D eigenvalue weighted by Gasteiger charge is -1.99. The number of phenolic OH excluding ortho intramolecular Hbond substituents is 1. The van der Waals surface area contributed by atoms with Crippen LogP contribution in [0, 0.1) is 0 Å². The molecule has 0 aliphatic carbocycles. The summed E-state index contributed by atoms with van der Waals surface area (Å²) in [4.78, 5) is 11.6. The van der Waals surface area contributed by atoms with Crippen LogP contribution in [0.3, 0.4) is 0 Å². The van der Waals surface area contributed by atoms with Crippen molar-refractivity contribution in [1.29, 1.82) is 0 Å². The maximum Gasteiger partial charge on any atom is 0.344 e. The predicted octanol–water partition coefficient (Wildman–Crippen LogP) is 3.06. The fraction of sp³-hybridized carbons (Fsp3) is 0. The molecule has 0 atom stereocenters. The standard InChI is InChI=1S/C15H10O3/c16-11-7-5-10(6-8-11)9-14-12-3-1-2-4-13(12)15(17)18-14/h1-9,16H/b14-9+.